The zero-order valence-corrected chi connectivity index (χ0v) is 13.2. The Labute approximate surface area is 139 Å². The third-order valence-corrected chi connectivity index (χ3v) is 4.00. The molecule has 24 heavy (non-hydrogen) atoms. The lowest BCUT2D eigenvalue weighted by Gasteiger charge is -2.28. The molecule has 0 aliphatic carbocycles. The maximum Gasteiger partial charge on any atom is 0.204 e. The molecule has 0 spiro atoms. The maximum absolute atomic E-state index is 5.39. The van der Waals surface area contributed by atoms with Gasteiger partial charge in [0, 0.05) is 36.7 Å². The maximum atomic E-state index is 5.39. The monoisotopic (exact) mass is 322 g/mol. The van der Waals surface area contributed by atoms with Gasteiger partial charge in [-0.1, -0.05) is 6.07 Å². The number of anilines is 1. The minimum atomic E-state index is 0.562. The van der Waals surface area contributed by atoms with Crippen molar-refractivity contribution in [2.75, 3.05) is 31.2 Å². The molecule has 0 radical (unpaired) electrons. The van der Waals surface area contributed by atoms with Crippen molar-refractivity contribution in [1.29, 1.82) is 0 Å². The van der Waals surface area contributed by atoms with Gasteiger partial charge in [0.25, 0.3) is 0 Å². The summed E-state index contributed by atoms with van der Waals surface area (Å²) in [5.41, 5.74) is 3.21. The number of ether oxygens (including phenoxy) is 1. The van der Waals surface area contributed by atoms with Crippen LogP contribution >= 0.6 is 0 Å². The molecule has 0 bridgehead atoms. The van der Waals surface area contributed by atoms with Crippen LogP contribution in [0.2, 0.25) is 0 Å². The normalized spacial score (nSPS) is 14.8. The van der Waals surface area contributed by atoms with Crippen LogP contribution in [-0.4, -0.2) is 51.5 Å². The minimum absolute atomic E-state index is 0.562. The number of nitrogens with zero attached hydrogens (tertiary/aromatic N) is 6. The Morgan fingerprint density at radius 2 is 1.88 bits per heavy atom. The van der Waals surface area contributed by atoms with E-state index in [1.54, 1.807) is 17.2 Å². The average molecular weight is 322 g/mol. The fraction of sp³-hybridized carbons (Fsp3) is 0.294. The number of aromatic nitrogens is 5. The van der Waals surface area contributed by atoms with E-state index in [1.165, 1.54) is 5.69 Å². The first kappa shape index (κ1) is 14.8. The molecule has 1 fully saturated rings. The Balaban J connectivity index is 1.48. The van der Waals surface area contributed by atoms with Gasteiger partial charge >= 0.3 is 0 Å². The zero-order valence-electron chi connectivity index (χ0n) is 13.2. The van der Waals surface area contributed by atoms with Crippen LogP contribution < -0.4 is 4.90 Å². The van der Waals surface area contributed by atoms with E-state index in [0.717, 1.165) is 37.4 Å². The first-order valence-corrected chi connectivity index (χ1v) is 7.98. The van der Waals surface area contributed by atoms with Crippen LogP contribution in [0.15, 0.2) is 48.8 Å². The number of morpholine rings is 1. The molecule has 3 aromatic rings. The van der Waals surface area contributed by atoms with Crippen LogP contribution in [0.4, 0.5) is 5.69 Å². The number of tetrazole rings is 1. The topological polar surface area (TPSA) is 69.0 Å². The molecule has 0 unspecified atom stereocenters. The summed E-state index contributed by atoms with van der Waals surface area (Å²) in [6.07, 6.45) is 3.56. The smallest absolute Gasteiger partial charge is 0.204 e. The summed E-state index contributed by atoms with van der Waals surface area (Å²) in [5.74, 6) is 0.632. The molecule has 7 nitrogen and oxygen atoms in total. The summed E-state index contributed by atoms with van der Waals surface area (Å²) in [7, 11) is 0. The highest BCUT2D eigenvalue weighted by molar-refractivity contribution is 5.59. The van der Waals surface area contributed by atoms with E-state index in [1.807, 2.05) is 24.3 Å². The lowest BCUT2D eigenvalue weighted by Crippen LogP contribution is -2.36. The van der Waals surface area contributed by atoms with Crippen molar-refractivity contribution < 1.29 is 4.74 Å². The molecule has 0 amide bonds. The molecule has 0 saturated carbocycles. The molecule has 1 aliphatic rings. The zero-order chi connectivity index (χ0) is 16.2. The largest absolute Gasteiger partial charge is 0.378 e. The fourth-order valence-corrected chi connectivity index (χ4v) is 2.72. The highest BCUT2D eigenvalue weighted by Gasteiger charge is 2.12. The van der Waals surface area contributed by atoms with E-state index in [0.29, 0.717) is 12.4 Å². The van der Waals surface area contributed by atoms with Crippen molar-refractivity contribution in [1.82, 2.24) is 25.2 Å². The van der Waals surface area contributed by atoms with Crippen LogP contribution in [0.5, 0.6) is 0 Å². The van der Waals surface area contributed by atoms with Crippen LogP contribution in [-0.2, 0) is 11.3 Å². The third kappa shape index (κ3) is 3.26. The lowest BCUT2D eigenvalue weighted by molar-refractivity contribution is 0.122. The van der Waals surface area contributed by atoms with E-state index in [9.17, 15) is 0 Å². The van der Waals surface area contributed by atoms with Gasteiger partial charge in [0.2, 0.25) is 5.82 Å². The molecule has 7 heteroatoms. The van der Waals surface area contributed by atoms with Crippen molar-refractivity contribution in [3.8, 4) is 11.4 Å². The second-order valence-electron chi connectivity index (χ2n) is 5.65. The number of pyridine rings is 1. The summed E-state index contributed by atoms with van der Waals surface area (Å²) in [6, 6.07) is 12.2. The fourth-order valence-electron chi connectivity index (χ4n) is 2.72. The summed E-state index contributed by atoms with van der Waals surface area (Å²) in [6.45, 7) is 3.99. The van der Waals surface area contributed by atoms with Crippen molar-refractivity contribution in [3.63, 3.8) is 0 Å². The number of rotatable bonds is 4. The Bertz CT molecular complexity index is 780. The van der Waals surface area contributed by atoms with E-state index in [4.69, 9.17) is 4.74 Å². The van der Waals surface area contributed by atoms with Gasteiger partial charge in [-0.2, -0.15) is 4.80 Å². The lowest BCUT2D eigenvalue weighted by atomic mass is 10.2. The molecular weight excluding hydrogens is 304 g/mol. The van der Waals surface area contributed by atoms with Crippen molar-refractivity contribution in [2.45, 2.75) is 6.54 Å². The Kier molecular flexibility index (Phi) is 4.16. The molecule has 1 saturated heterocycles. The molecule has 1 aromatic carbocycles. The van der Waals surface area contributed by atoms with Crippen LogP contribution in [0.3, 0.4) is 0 Å². The van der Waals surface area contributed by atoms with Gasteiger partial charge in [-0.25, -0.2) is 0 Å². The molecule has 3 heterocycles. The average Bonchev–Trinajstić information content (AvgIpc) is 3.12. The number of hydrogen-bond acceptors (Lipinski definition) is 6. The molecule has 2 aromatic heterocycles. The van der Waals surface area contributed by atoms with Gasteiger partial charge < -0.3 is 9.64 Å². The third-order valence-electron chi connectivity index (χ3n) is 4.00. The van der Waals surface area contributed by atoms with Crippen molar-refractivity contribution in [3.05, 3.63) is 54.4 Å². The molecule has 1 aliphatic heterocycles. The molecular formula is C17H18N6O. The summed E-state index contributed by atoms with van der Waals surface area (Å²) in [5, 5.41) is 12.7. The van der Waals surface area contributed by atoms with E-state index in [2.05, 4.69) is 37.4 Å². The summed E-state index contributed by atoms with van der Waals surface area (Å²) < 4.78 is 5.39. The molecule has 122 valence electrons. The predicted molar refractivity (Wildman–Crippen MR) is 89.6 cm³/mol. The molecule has 4 rings (SSSR count). The Morgan fingerprint density at radius 1 is 1.04 bits per heavy atom. The van der Waals surface area contributed by atoms with E-state index in [-0.39, 0.29) is 0 Å². The van der Waals surface area contributed by atoms with Crippen LogP contribution in [0.25, 0.3) is 11.4 Å². The Morgan fingerprint density at radius 3 is 2.62 bits per heavy atom. The van der Waals surface area contributed by atoms with Crippen molar-refractivity contribution >= 4 is 5.69 Å². The highest BCUT2D eigenvalue weighted by Crippen LogP contribution is 2.21. The van der Waals surface area contributed by atoms with Gasteiger partial charge in [-0.05, 0) is 41.1 Å². The van der Waals surface area contributed by atoms with Crippen LogP contribution in [0, 0.1) is 0 Å². The second-order valence-corrected chi connectivity index (χ2v) is 5.65. The second kappa shape index (κ2) is 6.76. The number of hydrogen-bond donors (Lipinski definition) is 0. The SMILES string of the molecule is c1cncc(Cn2nnc(-c3ccc(N4CCOCC4)cc3)n2)c1. The van der Waals surface area contributed by atoms with E-state index >= 15 is 0 Å². The van der Waals surface area contributed by atoms with Gasteiger partial charge in [-0.15, -0.1) is 10.2 Å². The Hall–Kier alpha value is -2.80. The molecule has 0 N–H and O–H groups in total. The van der Waals surface area contributed by atoms with Crippen LogP contribution in [0.1, 0.15) is 5.56 Å². The quantitative estimate of drug-likeness (QED) is 0.727. The minimum Gasteiger partial charge on any atom is -0.378 e. The highest BCUT2D eigenvalue weighted by atomic mass is 16.5. The van der Waals surface area contributed by atoms with Gasteiger partial charge in [0.1, 0.15) is 0 Å². The molecule has 0 atom stereocenters. The number of benzene rings is 1. The van der Waals surface area contributed by atoms with Crippen molar-refractivity contribution in [2.24, 2.45) is 0 Å². The standard InChI is InChI=1S/C17H18N6O/c1-2-14(12-18-7-1)13-23-20-17(19-21-23)15-3-5-16(6-4-15)22-8-10-24-11-9-22/h1-7,12H,8-11,13H2. The summed E-state index contributed by atoms with van der Waals surface area (Å²) >= 11 is 0. The first-order chi connectivity index (χ1) is 11.9. The first-order valence-electron chi connectivity index (χ1n) is 7.98. The summed E-state index contributed by atoms with van der Waals surface area (Å²) in [4.78, 5) is 8.00. The van der Waals surface area contributed by atoms with Gasteiger partial charge in [-0.3, -0.25) is 4.98 Å². The predicted octanol–water partition coefficient (Wildman–Crippen LogP) is 1.62. The van der Waals surface area contributed by atoms with E-state index < -0.39 is 0 Å². The van der Waals surface area contributed by atoms with Gasteiger partial charge in [0.15, 0.2) is 0 Å². The van der Waals surface area contributed by atoms with Gasteiger partial charge in [0.05, 0.1) is 19.8 Å².